The number of piperidine rings is 3. The molecule has 4 heteroatoms. The summed E-state index contributed by atoms with van der Waals surface area (Å²) < 4.78 is 5.64. The molecule has 3 atom stereocenters. The van der Waals surface area contributed by atoms with Gasteiger partial charge in [-0.25, -0.2) is 0 Å². The lowest BCUT2D eigenvalue weighted by atomic mass is 9.84. The van der Waals surface area contributed by atoms with Gasteiger partial charge in [-0.15, -0.1) is 0 Å². The van der Waals surface area contributed by atoms with Crippen molar-refractivity contribution in [1.82, 2.24) is 10.2 Å². The number of esters is 1. The Morgan fingerprint density at radius 1 is 1.05 bits per heavy atom. The molecule has 4 nitrogen and oxygen atoms in total. The molecule has 3 rings (SSSR count). The van der Waals surface area contributed by atoms with Crippen molar-refractivity contribution in [3.05, 3.63) is 0 Å². The number of carbonyl (C=O) groups excluding carboxylic acids is 1. The molecule has 0 aromatic heterocycles. The summed E-state index contributed by atoms with van der Waals surface area (Å²) >= 11 is 0. The van der Waals surface area contributed by atoms with Crippen molar-refractivity contribution < 1.29 is 9.53 Å². The number of carbonyl (C=O) groups is 1. The molecule has 0 bridgehead atoms. The van der Waals surface area contributed by atoms with E-state index in [0.29, 0.717) is 18.6 Å². The van der Waals surface area contributed by atoms with Crippen molar-refractivity contribution in [2.75, 3.05) is 26.2 Å². The molecule has 1 N–H and O–H groups in total. The van der Waals surface area contributed by atoms with Crippen LogP contribution >= 0.6 is 0 Å². The zero-order chi connectivity index (χ0) is 13.8. The summed E-state index contributed by atoms with van der Waals surface area (Å²) in [5.74, 6) is 0.550. The average molecular weight is 280 g/mol. The summed E-state index contributed by atoms with van der Waals surface area (Å²) in [7, 11) is 0. The van der Waals surface area contributed by atoms with Gasteiger partial charge in [0.15, 0.2) is 0 Å². The zero-order valence-corrected chi connectivity index (χ0v) is 12.5. The first kappa shape index (κ1) is 14.3. The van der Waals surface area contributed by atoms with E-state index in [4.69, 9.17) is 4.74 Å². The maximum Gasteiger partial charge on any atom is 0.323 e. The van der Waals surface area contributed by atoms with Crippen LogP contribution in [0, 0.1) is 5.92 Å². The second-order valence-corrected chi connectivity index (χ2v) is 6.63. The fourth-order valence-corrected chi connectivity index (χ4v) is 4.11. The van der Waals surface area contributed by atoms with Crippen molar-refractivity contribution in [2.24, 2.45) is 5.92 Å². The molecule has 3 heterocycles. The minimum atomic E-state index is -0.0465. The molecule has 3 aliphatic rings. The molecule has 20 heavy (non-hydrogen) atoms. The number of hydrogen-bond donors (Lipinski definition) is 1. The first-order valence-electron chi connectivity index (χ1n) is 8.48. The molecule has 3 saturated heterocycles. The molecule has 0 amide bonds. The van der Waals surface area contributed by atoms with Gasteiger partial charge in [-0.2, -0.15) is 0 Å². The molecule has 0 aromatic carbocycles. The summed E-state index contributed by atoms with van der Waals surface area (Å²) in [6.07, 6.45) is 9.75. The number of nitrogens with zero attached hydrogens (tertiary/aromatic N) is 1. The van der Waals surface area contributed by atoms with E-state index < -0.39 is 0 Å². The number of rotatable bonds is 3. The van der Waals surface area contributed by atoms with Gasteiger partial charge in [0.25, 0.3) is 0 Å². The normalized spacial score (nSPS) is 35.3. The van der Waals surface area contributed by atoms with Crippen molar-refractivity contribution >= 4 is 5.97 Å². The monoisotopic (exact) mass is 280 g/mol. The van der Waals surface area contributed by atoms with Gasteiger partial charge in [0.2, 0.25) is 0 Å². The number of nitrogens with one attached hydrogen (secondary N) is 1. The van der Waals surface area contributed by atoms with Crippen LogP contribution in [0.1, 0.15) is 51.4 Å². The van der Waals surface area contributed by atoms with E-state index in [2.05, 4.69) is 10.2 Å². The van der Waals surface area contributed by atoms with E-state index in [1.54, 1.807) is 0 Å². The Hall–Kier alpha value is -0.610. The number of fused-ring (bicyclic) bond motifs is 1. The molecule has 114 valence electrons. The first-order chi connectivity index (χ1) is 9.84. The molecule has 3 aliphatic heterocycles. The van der Waals surface area contributed by atoms with Gasteiger partial charge < -0.3 is 10.1 Å². The van der Waals surface area contributed by atoms with Gasteiger partial charge in [0.1, 0.15) is 6.04 Å². The fourth-order valence-electron chi connectivity index (χ4n) is 4.11. The quantitative estimate of drug-likeness (QED) is 0.802. The van der Waals surface area contributed by atoms with Crippen LogP contribution in [0.3, 0.4) is 0 Å². The minimum Gasteiger partial charge on any atom is -0.464 e. The Labute approximate surface area is 122 Å². The third-order valence-corrected chi connectivity index (χ3v) is 5.26. The molecular weight excluding hydrogens is 252 g/mol. The summed E-state index contributed by atoms with van der Waals surface area (Å²) in [5.41, 5.74) is 0. The molecule has 0 radical (unpaired) electrons. The molecule has 3 unspecified atom stereocenters. The zero-order valence-electron chi connectivity index (χ0n) is 12.5. The van der Waals surface area contributed by atoms with Gasteiger partial charge >= 0.3 is 5.97 Å². The molecular formula is C16H28N2O2. The summed E-state index contributed by atoms with van der Waals surface area (Å²) in [6.45, 7) is 4.09. The standard InChI is InChI=1S/C16H28N2O2/c19-16(14-7-1-3-9-17-14)20-12-13-6-5-11-18-10-4-2-8-15(13)18/h13-15,17H,1-12H2. The van der Waals surface area contributed by atoms with E-state index in [0.717, 1.165) is 19.4 Å². The van der Waals surface area contributed by atoms with Crippen LogP contribution in [-0.2, 0) is 9.53 Å². The largest absolute Gasteiger partial charge is 0.464 e. The highest BCUT2D eigenvalue weighted by Crippen LogP contribution is 2.31. The SMILES string of the molecule is O=C(OCC1CCCN2CCCCC12)C1CCCCN1. The van der Waals surface area contributed by atoms with Gasteiger partial charge in [0, 0.05) is 12.0 Å². The lowest BCUT2D eigenvalue weighted by Gasteiger charge is -2.44. The van der Waals surface area contributed by atoms with Crippen molar-refractivity contribution in [3.63, 3.8) is 0 Å². The van der Waals surface area contributed by atoms with Crippen LogP contribution in [0.4, 0.5) is 0 Å². The van der Waals surface area contributed by atoms with Crippen LogP contribution in [-0.4, -0.2) is 49.2 Å². The van der Waals surface area contributed by atoms with Gasteiger partial charge in [-0.3, -0.25) is 9.69 Å². The Morgan fingerprint density at radius 3 is 2.75 bits per heavy atom. The first-order valence-corrected chi connectivity index (χ1v) is 8.48. The van der Waals surface area contributed by atoms with Crippen molar-refractivity contribution in [3.8, 4) is 0 Å². The van der Waals surface area contributed by atoms with Crippen LogP contribution in [0.2, 0.25) is 0 Å². The van der Waals surface area contributed by atoms with Crippen molar-refractivity contribution in [2.45, 2.75) is 63.5 Å². The Morgan fingerprint density at radius 2 is 1.90 bits per heavy atom. The summed E-state index contributed by atoms with van der Waals surface area (Å²) in [6, 6.07) is 0.624. The second-order valence-electron chi connectivity index (χ2n) is 6.63. The number of ether oxygens (including phenoxy) is 1. The highest BCUT2D eigenvalue weighted by atomic mass is 16.5. The van der Waals surface area contributed by atoms with Gasteiger partial charge in [0.05, 0.1) is 6.61 Å². The predicted molar refractivity (Wildman–Crippen MR) is 78.5 cm³/mol. The van der Waals surface area contributed by atoms with Gasteiger partial charge in [-0.1, -0.05) is 12.8 Å². The highest BCUT2D eigenvalue weighted by molar-refractivity contribution is 5.75. The molecule has 0 aromatic rings. The van der Waals surface area contributed by atoms with E-state index in [9.17, 15) is 4.79 Å². The fraction of sp³-hybridized carbons (Fsp3) is 0.938. The molecule has 0 aliphatic carbocycles. The lowest BCUT2D eigenvalue weighted by Crippen LogP contribution is -2.50. The van der Waals surface area contributed by atoms with E-state index in [1.165, 1.54) is 51.6 Å². The maximum atomic E-state index is 12.1. The summed E-state index contributed by atoms with van der Waals surface area (Å²) in [5, 5.41) is 3.28. The Balaban J connectivity index is 1.48. The van der Waals surface area contributed by atoms with Crippen LogP contribution < -0.4 is 5.32 Å². The van der Waals surface area contributed by atoms with E-state index >= 15 is 0 Å². The number of hydrogen-bond acceptors (Lipinski definition) is 4. The van der Waals surface area contributed by atoms with Crippen LogP contribution in [0.15, 0.2) is 0 Å². The van der Waals surface area contributed by atoms with Crippen LogP contribution in [0.25, 0.3) is 0 Å². The maximum absolute atomic E-state index is 12.1. The third-order valence-electron chi connectivity index (χ3n) is 5.26. The van der Waals surface area contributed by atoms with Crippen LogP contribution in [0.5, 0.6) is 0 Å². The van der Waals surface area contributed by atoms with E-state index in [-0.39, 0.29) is 12.0 Å². The molecule has 0 spiro atoms. The predicted octanol–water partition coefficient (Wildman–Crippen LogP) is 1.94. The van der Waals surface area contributed by atoms with Gasteiger partial charge in [-0.05, 0) is 58.2 Å². The minimum absolute atomic E-state index is 0.0161. The van der Waals surface area contributed by atoms with E-state index in [1.807, 2.05) is 0 Å². The third kappa shape index (κ3) is 3.34. The Bertz CT molecular complexity index is 326. The highest BCUT2D eigenvalue weighted by Gasteiger charge is 2.34. The Kier molecular flexibility index (Phi) is 4.94. The van der Waals surface area contributed by atoms with Crippen molar-refractivity contribution in [1.29, 1.82) is 0 Å². The smallest absolute Gasteiger partial charge is 0.323 e. The summed E-state index contributed by atoms with van der Waals surface area (Å²) in [4.78, 5) is 14.7. The second kappa shape index (κ2) is 6.90. The topological polar surface area (TPSA) is 41.6 Å². The lowest BCUT2D eigenvalue weighted by molar-refractivity contribution is -0.149. The molecule has 3 fully saturated rings. The average Bonchev–Trinajstić information content (AvgIpc) is 2.53. The molecule has 0 saturated carbocycles.